The number of amides is 3. The van der Waals surface area contributed by atoms with Crippen LogP contribution >= 0.6 is 15.9 Å². The van der Waals surface area contributed by atoms with Crippen molar-refractivity contribution in [1.82, 2.24) is 10.2 Å². The van der Waals surface area contributed by atoms with Crippen molar-refractivity contribution in [3.05, 3.63) is 0 Å². The highest BCUT2D eigenvalue weighted by molar-refractivity contribution is 9.09. The van der Waals surface area contributed by atoms with Crippen LogP contribution < -0.4 is 5.32 Å². The number of nitrogens with zero attached hydrogens (tertiary/aromatic N) is 1. The number of carbonyl (C=O) groups is 3. The van der Waals surface area contributed by atoms with Crippen molar-refractivity contribution < 1.29 is 19.1 Å². The zero-order valence-corrected chi connectivity index (χ0v) is 13.8. The molecule has 1 heterocycles. The number of alkyl halides is 1. The van der Waals surface area contributed by atoms with E-state index in [1.807, 2.05) is 6.92 Å². The van der Waals surface area contributed by atoms with Crippen LogP contribution in [0.2, 0.25) is 0 Å². The maximum absolute atomic E-state index is 11.9. The van der Waals surface area contributed by atoms with Crippen molar-refractivity contribution in [3.8, 4) is 0 Å². The van der Waals surface area contributed by atoms with Gasteiger partial charge in [0, 0.05) is 12.8 Å². The lowest BCUT2D eigenvalue weighted by atomic mass is 10.2. The molecule has 1 aliphatic heterocycles. The normalized spacial score (nSPS) is 18.9. The molecule has 0 bridgehead atoms. The average Bonchev–Trinajstić information content (AvgIpc) is 2.63. The number of carbonyl (C=O) groups excluding carboxylic acids is 3. The Hall–Kier alpha value is -1.11. The van der Waals surface area contributed by atoms with Gasteiger partial charge in [0.25, 0.3) is 0 Å². The second kappa shape index (κ2) is 6.56. The average molecular weight is 349 g/mol. The molecule has 3 amide bonds. The van der Waals surface area contributed by atoms with Gasteiger partial charge in [0.15, 0.2) is 0 Å². The van der Waals surface area contributed by atoms with E-state index in [4.69, 9.17) is 4.74 Å². The van der Waals surface area contributed by atoms with E-state index in [0.717, 1.165) is 4.90 Å². The van der Waals surface area contributed by atoms with Crippen LogP contribution in [0.3, 0.4) is 0 Å². The summed E-state index contributed by atoms with van der Waals surface area (Å²) < 4.78 is 5.17. The number of likely N-dealkylation sites (tertiary alicyclic amines) is 1. The van der Waals surface area contributed by atoms with E-state index in [1.54, 1.807) is 20.8 Å². The van der Waals surface area contributed by atoms with Gasteiger partial charge in [-0.2, -0.15) is 0 Å². The zero-order chi connectivity index (χ0) is 15.5. The topological polar surface area (TPSA) is 75.7 Å². The summed E-state index contributed by atoms with van der Waals surface area (Å²) in [4.78, 5) is 36.4. The van der Waals surface area contributed by atoms with Crippen molar-refractivity contribution in [1.29, 1.82) is 0 Å². The first-order valence-electron chi connectivity index (χ1n) is 6.64. The molecule has 0 radical (unpaired) electrons. The van der Waals surface area contributed by atoms with Crippen LogP contribution in [0.5, 0.6) is 0 Å². The largest absolute Gasteiger partial charge is 0.444 e. The Bertz CT molecular complexity index is 390. The highest BCUT2D eigenvalue weighted by Crippen LogP contribution is 2.22. The molecule has 114 valence electrons. The van der Waals surface area contributed by atoms with Crippen LogP contribution in [0.1, 0.15) is 47.0 Å². The van der Waals surface area contributed by atoms with Gasteiger partial charge in [0.1, 0.15) is 11.8 Å². The number of rotatable bonds is 4. The number of hydrogen-bond acceptors (Lipinski definition) is 4. The molecule has 1 saturated heterocycles. The van der Waals surface area contributed by atoms with Crippen molar-refractivity contribution >= 4 is 33.8 Å². The lowest BCUT2D eigenvalue weighted by molar-refractivity contribution is -0.141. The summed E-state index contributed by atoms with van der Waals surface area (Å²) in [6.07, 6.45) is -0.341. The molecule has 0 spiro atoms. The number of alkyl carbamates (subject to hydrolysis) is 1. The molecule has 0 aromatic rings. The Balaban J connectivity index is 2.83. The van der Waals surface area contributed by atoms with Crippen molar-refractivity contribution in [3.63, 3.8) is 0 Å². The van der Waals surface area contributed by atoms with Gasteiger partial charge in [-0.25, -0.2) is 4.79 Å². The molecule has 1 rings (SSSR count). The molecule has 0 aliphatic carbocycles. The summed E-state index contributed by atoms with van der Waals surface area (Å²) in [5.74, 6) is -0.539. The van der Waals surface area contributed by atoms with E-state index < -0.39 is 17.9 Å². The first-order chi connectivity index (χ1) is 9.15. The van der Waals surface area contributed by atoms with Gasteiger partial charge in [-0.1, -0.05) is 22.9 Å². The summed E-state index contributed by atoms with van der Waals surface area (Å²) in [5, 5.41) is 2.60. The Morgan fingerprint density at radius 2 is 1.85 bits per heavy atom. The highest BCUT2D eigenvalue weighted by atomic mass is 79.9. The van der Waals surface area contributed by atoms with Crippen LogP contribution in [0.15, 0.2) is 0 Å². The molecule has 1 fully saturated rings. The van der Waals surface area contributed by atoms with Gasteiger partial charge in [-0.15, -0.1) is 0 Å². The molecule has 1 aliphatic rings. The maximum atomic E-state index is 11.9. The molecule has 0 aromatic heterocycles. The fraction of sp³-hybridized carbons (Fsp3) is 0.769. The molecule has 6 nitrogen and oxygen atoms in total. The van der Waals surface area contributed by atoms with Crippen molar-refractivity contribution in [2.24, 2.45) is 0 Å². The molecule has 20 heavy (non-hydrogen) atoms. The Labute approximate surface area is 127 Å². The molecule has 0 aromatic carbocycles. The van der Waals surface area contributed by atoms with E-state index in [2.05, 4.69) is 21.2 Å². The lowest BCUT2D eigenvalue weighted by Gasteiger charge is -2.31. The third kappa shape index (κ3) is 4.47. The quantitative estimate of drug-likeness (QED) is 0.623. The number of ether oxygens (including phenoxy) is 1. The van der Waals surface area contributed by atoms with Gasteiger partial charge in [0.2, 0.25) is 11.8 Å². The first-order valence-corrected chi connectivity index (χ1v) is 7.55. The van der Waals surface area contributed by atoms with E-state index in [1.165, 1.54) is 0 Å². The molecule has 0 unspecified atom stereocenters. The first kappa shape index (κ1) is 16.9. The minimum Gasteiger partial charge on any atom is -0.444 e. The fourth-order valence-electron chi connectivity index (χ4n) is 1.87. The van der Waals surface area contributed by atoms with Gasteiger partial charge in [-0.3, -0.25) is 19.8 Å². The van der Waals surface area contributed by atoms with E-state index in [0.29, 0.717) is 6.42 Å². The maximum Gasteiger partial charge on any atom is 0.409 e. The molecule has 1 N–H and O–H groups in total. The predicted molar refractivity (Wildman–Crippen MR) is 77.3 cm³/mol. The van der Waals surface area contributed by atoms with E-state index >= 15 is 0 Å². The number of imide groups is 1. The van der Waals surface area contributed by atoms with Gasteiger partial charge < -0.3 is 4.74 Å². The third-order valence-electron chi connectivity index (χ3n) is 2.77. The van der Waals surface area contributed by atoms with E-state index in [9.17, 15) is 14.4 Å². The van der Waals surface area contributed by atoms with Gasteiger partial charge >= 0.3 is 6.09 Å². The third-order valence-corrected chi connectivity index (χ3v) is 3.91. The summed E-state index contributed by atoms with van der Waals surface area (Å²) in [6, 6.07) is 0. The summed E-state index contributed by atoms with van der Waals surface area (Å²) in [7, 11) is 0. The van der Waals surface area contributed by atoms with Crippen LogP contribution in [0.4, 0.5) is 4.79 Å². The number of nitrogens with one attached hydrogen (secondary N) is 1. The molecular formula is C13H21BrN2O4. The number of hydrogen-bond donors (Lipinski definition) is 1. The summed E-state index contributed by atoms with van der Waals surface area (Å²) in [5.41, 5.74) is -0.637. The Kier molecular flexibility index (Phi) is 5.56. The Morgan fingerprint density at radius 1 is 1.35 bits per heavy atom. The van der Waals surface area contributed by atoms with Crippen LogP contribution in [0.25, 0.3) is 0 Å². The smallest absolute Gasteiger partial charge is 0.409 e. The van der Waals surface area contributed by atoms with Gasteiger partial charge in [0.05, 0.1) is 4.83 Å². The minimum atomic E-state index is -0.725. The molecule has 0 saturated carbocycles. The summed E-state index contributed by atoms with van der Waals surface area (Å²) >= 11 is 3.40. The van der Waals surface area contributed by atoms with Crippen LogP contribution in [-0.4, -0.2) is 39.4 Å². The molecule has 2 atom stereocenters. The highest BCUT2D eigenvalue weighted by Gasteiger charge is 2.39. The predicted octanol–water partition coefficient (Wildman–Crippen LogP) is 2.16. The van der Waals surface area contributed by atoms with Crippen LogP contribution in [0, 0.1) is 0 Å². The summed E-state index contributed by atoms with van der Waals surface area (Å²) in [6.45, 7) is 7.14. The van der Waals surface area contributed by atoms with Crippen LogP contribution in [-0.2, 0) is 14.3 Å². The fourth-order valence-corrected chi connectivity index (χ4v) is 2.24. The SMILES string of the molecule is CC[C@H](Br)[C@H](NC(=O)OC(C)(C)C)N1C(=O)CCC1=O. The second-order valence-electron chi connectivity index (χ2n) is 5.67. The van der Waals surface area contributed by atoms with Crippen molar-refractivity contribution in [2.45, 2.75) is 63.6 Å². The second-order valence-corrected chi connectivity index (χ2v) is 6.85. The van der Waals surface area contributed by atoms with E-state index in [-0.39, 0.29) is 29.5 Å². The monoisotopic (exact) mass is 348 g/mol. The molecule has 7 heteroatoms. The standard InChI is InChI=1S/C13H21BrN2O4/c1-5-8(14)11(15-12(19)20-13(2,3)4)16-9(17)6-7-10(16)18/h8,11H,5-7H2,1-4H3,(H,15,19)/t8-,11+/m0/s1. The molecular weight excluding hydrogens is 328 g/mol. The number of halogens is 1. The Morgan fingerprint density at radius 3 is 2.25 bits per heavy atom. The van der Waals surface area contributed by atoms with Gasteiger partial charge in [-0.05, 0) is 27.2 Å². The zero-order valence-electron chi connectivity index (χ0n) is 12.2. The lowest BCUT2D eigenvalue weighted by Crippen LogP contribution is -2.55. The van der Waals surface area contributed by atoms with Crippen molar-refractivity contribution in [2.75, 3.05) is 0 Å². The minimum absolute atomic E-state index is 0.189.